The molecule has 1 heterocycles. The largest absolute Gasteiger partial charge is 0.494 e. The van der Waals surface area contributed by atoms with Crippen LogP contribution in [0.3, 0.4) is 0 Å². The fourth-order valence-corrected chi connectivity index (χ4v) is 2.74. The van der Waals surface area contributed by atoms with Crippen LogP contribution in [-0.4, -0.2) is 24.5 Å². The molecule has 0 atom stereocenters. The Balaban J connectivity index is 1.93. The van der Waals surface area contributed by atoms with Crippen LogP contribution >= 0.6 is 15.9 Å². The van der Waals surface area contributed by atoms with Gasteiger partial charge < -0.3 is 4.74 Å². The van der Waals surface area contributed by atoms with E-state index < -0.39 is 17.8 Å². The highest BCUT2D eigenvalue weighted by Gasteiger charge is 2.36. The molecule has 0 bridgehead atoms. The molecule has 26 heavy (non-hydrogen) atoms. The number of barbiturate groups is 1. The van der Waals surface area contributed by atoms with Crippen LogP contribution in [-0.2, 0) is 9.59 Å². The number of urea groups is 1. The van der Waals surface area contributed by atoms with Gasteiger partial charge in [-0.25, -0.2) is 9.69 Å². The Morgan fingerprint density at radius 2 is 1.69 bits per heavy atom. The van der Waals surface area contributed by atoms with E-state index in [0.717, 1.165) is 9.37 Å². The highest BCUT2D eigenvalue weighted by atomic mass is 79.9. The van der Waals surface area contributed by atoms with Crippen molar-refractivity contribution in [3.8, 4) is 5.75 Å². The van der Waals surface area contributed by atoms with Crippen molar-refractivity contribution in [2.75, 3.05) is 11.5 Å². The summed E-state index contributed by atoms with van der Waals surface area (Å²) in [5.74, 6) is -0.765. The van der Waals surface area contributed by atoms with Crippen LogP contribution in [0, 0.1) is 0 Å². The number of hydrogen-bond acceptors (Lipinski definition) is 4. The number of anilines is 1. The molecule has 132 valence electrons. The minimum absolute atomic E-state index is 0.110. The van der Waals surface area contributed by atoms with Crippen LogP contribution < -0.4 is 15.0 Å². The van der Waals surface area contributed by atoms with Crippen molar-refractivity contribution in [2.45, 2.75) is 6.92 Å². The van der Waals surface area contributed by atoms with Crippen molar-refractivity contribution in [1.29, 1.82) is 0 Å². The maximum Gasteiger partial charge on any atom is 0.335 e. The van der Waals surface area contributed by atoms with Crippen molar-refractivity contribution in [3.63, 3.8) is 0 Å². The number of carbonyl (C=O) groups is 3. The van der Waals surface area contributed by atoms with E-state index in [1.807, 2.05) is 6.92 Å². The lowest BCUT2D eigenvalue weighted by Gasteiger charge is -2.26. The second-order valence-electron chi connectivity index (χ2n) is 5.44. The van der Waals surface area contributed by atoms with Crippen LogP contribution in [0.2, 0.25) is 0 Å². The van der Waals surface area contributed by atoms with Crippen molar-refractivity contribution >= 4 is 45.5 Å². The summed E-state index contributed by atoms with van der Waals surface area (Å²) in [6.45, 7) is 2.37. The summed E-state index contributed by atoms with van der Waals surface area (Å²) < 4.78 is 6.24. The van der Waals surface area contributed by atoms with Crippen LogP contribution in [0.25, 0.3) is 6.08 Å². The summed E-state index contributed by atoms with van der Waals surface area (Å²) in [5.41, 5.74) is 0.915. The minimum atomic E-state index is -0.780. The Kier molecular flexibility index (Phi) is 5.18. The number of rotatable bonds is 4. The summed E-state index contributed by atoms with van der Waals surface area (Å²) >= 11 is 3.33. The summed E-state index contributed by atoms with van der Waals surface area (Å²) in [5, 5.41) is 2.20. The lowest BCUT2D eigenvalue weighted by molar-refractivity contribution is -0.122. The van der Waals surface area contributed by atoms with E-state index in [0.29, 0.717) is 23.6 Å². The molecular formula is C19H15BrN2O4. The van der Waals surface area contributed by atoms with Gasteiger partial charge in [0.2, 0.25) is 0 Å². The average molecular weight is 415 g/mol. The number of carbonyl (C=O) groups excluding carboxylic acids is 3. The first-order valence-electron chi connectivity index (χ1n) is 7.89. The predicted octanol–water partition coefficient (Wildman–Crippen LogP) is 3.51. The lowest BCUT2D eigenvalue weighted by atomic mass is 10.1. The first kappa shape index (κ1) is 17.9. The monoisotopic (exact) mass is 414 g/mol. The molecule has 1 N–H and O–H groups in total. The molecule has 3 rings (SSSR count). The number of halogens is 1. The maximum atomic E-state index is 12.8. The molecule has 1 fully saturated rings. The van der Waals surface area contributed by atoms with Crippen molar-refractivity contribution in [3.05, 3.63) is 64.1 Å². The average Bonchev–Trinajstić information content (AvgIpc) is 2.62. The van der Waals surface area contributed by atoms with Gasteiger partial charge in [0, 0.05) is 4.47 Å². The number of benzene rings is 2. The molecule has 0 aliphatic carbocycles. The zero-order valence-corrected chi connectivity index (χ0v) is 15.4. The third-order valence-electron chi connectivity index (χ3n) is 3.69. The zero-order valence-electron chi connectivity index (χ0n) is 13.9. The Morgan fingerprint density at radius 3 is 2.31 bits per heavy atom. The number of hydrogen-bond donors (Lipinski definition) is 1. The molecule has 0 aromatic heterocycles. The molecule has 4 amide bonds. The Labute approximate surface area is 158 Å². The Hall–Kier alpha value is -2.93. The summed E-state index contributed by atoms with van der Waals surface area (Å²) in [7, 11) is 0. The number of nitrogens with zero attached hydrogens (tertiary/aromatic N) is 1. The van der Waals surface area contributed by atoms with Gasteiger partial charge in [-0.1, -0.05) is 28.1 Å². The zero-order chi connectivity index (χ0) is 18.7. The van der Waals surface area contributed by atoms with Gasteiger partial charge in [-0.15, -0.1) is 0 Å². The van der Waals surface area contributed by atoms with Gasteiger partial charge in [-0.05, 0) is 55.0 Å². The van der Waals surface area contributed by atoms with E-state index >= 15 is 0 Å². The molecule has 2 aromatic carbocycles. The fourth-order valence-electron chi connectivity index (χ4n) is 2.48. The normalized spacial score (nSPS) is 16.0. The smallest absolute Gasteiger partial charge is 0.335 e. The SMILES string of the molecule is CCOc1ccc(N2C(=O)NC(=O)/C(=C/c3ccc(Br)cc3)C2=O)cc1. The topological polar surface area (TPSA) is 75.7 Å². The van der Waals surface area contributed by atoms with E-state index in [4.69, 9.17) is 4.74 Å². The number of imide groups is 2. The van der Waals surface area contributed by atoms with Crippen LogP contribution in [0.4, 0.5) is 10.5 Å². The molecule has 0 radical (unpaired) electrons. The van der Waals surface area contributed by atoms with Crippen molar-refractivity contribution in [2.24, 2.45) is 0 Å². The summed E-state index contributed by atoms with van der Waals surface area (Å²) in [6, 6.07) is 12.8. The van der Waals surface area contributed by atoms with Crippen LogP contribution in [0.5, 0.6) is 5.75 Å². The summed E-state index contributed by atoms with van der Waals surface area (Å²) in [6.07, 6.45) is 1.46. The quantitative estimate of drug-likeness (QED) is 0.613. The van der Waals surface area contributed by atoms with Crippen molar-refractivity contribution in [1.82, 2.24) is 5.32 Å². The molecule has 1 aliphatic rings. The third kappa shape index (κ3) is 3.67. The Bertz CT molecular complexity index is 889. The fraction of sp³-hybridized carbons (Fsp3) is 0.105. The lowest BCUT2D eigenvalue weighted by Crippen LogP contribution is -2.54. The molecule has 1 aliphatic heterocycles. The van der Waals surface area contributed by atoms with Crippen LogP contribution in [0.1, 0.15) is 12.5 Å². The van der Waals surface area contributed by atoms with Gasteiger partial charge >= 0.3 is 6.03 Å². The predicted molar refractivity (Wildman–Crippen MR) is 101 cm³/mol. The summed E-state index contributed by atoms with van der Waals surface area (Å²) in [4.78, 5) is 38.0. The van der Waals surface area contributed by atoms with E-state index in [-0.39, 0.29) is 5.57 Å². The molecule has 0 saturated carbocycles. The van der Waals surface area contributed by atoms with Gasteiger partial charge in [-0.3, -0.25) is 14.9 Å². The van der Waals surface area contributed by atoms with E-state index in [9.17, 15) is 14.4 Å². The number of nitrogens with one attached hydrogen (secondary N) is 1. The standard InChI is InChI=1S/C19H15BrN2O4/c1-2-26-15-9-7-14(8-10-15)22-18(24)16(17(23)21-19(22)25)11-12-3-5-13(20)6-4-12/h3-11H,2H2,1H3,(H,21,23,25)/b16-11-. The molecular weight excluding hydrogens is 400 g/mol. The highest BCUT2D eigenvalue weighted by molar-refractivity contribution is 9.10. The van der Waals surface area contributed by atoms with Crippen LogP contribution in [0.15, 0.2) is 58.6 Å². The minimum Gasteiger partial charge on any atom is -0.494 e. The molecule has 0 unspecified atom stereocenters. The number of ether oxygens (including phenoxy) is 1. The first-order chi connectivity index (χ1) is 12.5. The van der Waals surface area contributed by atoms with Crippen molar-refractivity contribution < 1.29 is 19.1 Å². The molecule has 1 saturated heterocycles. The van der Waals surface area contributed by atoms with Gasteiger partial charge in [0.25, 0.3) is 11.8 Å². The second-order valence-corrected chi connectivity index (χ2v) is 6.35. The van der Waals surface area contributed by atoms with E-state index in [1.54, 1.807) is 48.5 Å². The third-order valence-corrected chi connectivity index (χ3v) is 4.22. The van der Waals surface area contributed by atoms with E-state index in [1.165, 1.54) is 6.08 Å². The van der Waals surface area contributed by atoms with Gasteiger partial charge in [0.05, 0.1) is 12.3 Å². The van der Waals surface area contributed by atoms with E-state index in [2.05, 4.69) is 21.2 Å². The first-order valence-corrected chi connectivity index (χ1v) is 8.69. The number of amides is 4. The molecule has 6 nitrogen and oxygen atoms in total. The Morgan fingerprint density at radius 1 is 1.04 bits per heavy atom. The molecule has 2 aromatic rings. The second kappa shape index (κ2) is 7.53. The van der Waals surface area contributed by atoms with Gasteiger partial charge in [-0.2, -0.15) is 0 Å². The molecule has 7 heteroatoms. The molecule has 0 spiro atoms. The van der Waals surface area contributed by atoms with Gasteiger partial charge in [0.15, 0.2) is 0 Å². The maximum absolute atomic E-state index is 12.8. The van der Waals surface area contributed by atoms with Gasteiger partial charge in [0.1, 0.15) is 11.3 Å². The highest BCUT2D eigenvalue weighted by Crippen LogP contribution is 2.24.